The number of aliphatic imine (C=N–C) groups is 1. The summed E-state index contributed by atoms with van der Waals surface area (Å²) in [5.41, 5.74) is 12.7. The zero-order valence-electron chi connectivity index (χ0n) is 21.5. The molecular formula is C27H37ClN4O6. The molecule has 3 rings (SSSR count). The maximum atomic E-state index is 12.9. The standard InChI is InChI=1S/C27H37ClN4O6/c1-35-17-21-24(34)25(37-16-19-9-11-20(28)12-10-19)23(32-22(33)8-5-14-31-27(29)30)26(38-21)36-15-13-18-6-3-2-4-7-18/h2-4,6-7,9-12,21,23-26,34H,5,8,13-17H2,1H3,(H,32,33)(H4,29,30,31)/t21-,23-,24-,25-,26?/m1/s1. The lowest BCUT2D eigenvalue weighted by Crippen LogP contribution is -2.65. The monoisotopic (exact) mass is 548 g/mol. The lowest BCUT2D eigenvalue weighted by Gasteiger charge is -2.44. The molecule has 0 bridgehead atoms. The molecule has 1 aliphatic heterocycles. The Balaban J connectivity index is 1.75. The van der Waals surface area contributed by atoms with E-state index in [1.807, 2.05) is 42.5 Å². The van der Waals surface area contributed by atoms with Crippen molar-refractivity contribution in [3.63, 3.8) is 0 Å². The van der Waals surface area contributed by atoms with E-state index < -0.39 is 30.6 Å². The molecule has 0 aliphatic carbocycles. The maximum absolute atomic E-state index is 12.9. The number of amides is 1. The molecule has 1 aliphatic rings. The third-order valence-electron chi connectivity index (χ3n) is 6.06. The van der Waals surface area contributed by atoms with Gasteiger partial charge in [-0.3, -0.25) is 9.79 Å². The van der Waals surface area contributed by atoms with E-state index in [0.717, 1.165) is 11.1 Å². The average molecular weight is 549 g/mol. The molecule has 0 spiro atoms. The number of hydrogen-bond acceptors (Lipinski definition) is 7. The van der Waals surface area contributed by atoms with Gasteiger partial charge in [-0.2, -0.15) is 0 Å². The van der Waals surface area contributed by atoms with Crippen LogP contribution < -0.4 is 16.8 Å². The highest BCUT2D eigenvalue weighted by Gasteiger charge is 2.47. The zero-order valence-corrected chi connectivity index (χ0v) is 22.3. The van der Waals surface area contributed by atoms with Gasteiger partial charge in [0.15, 0.2) is 12.2 Å². The van der Waals surface area contributed by atoms with Crippen molar-refractivity contribution < 1.29 is 28.8 Å². The van der Waals surface area contributed by atoms with Crippen LogP contribution in [0, 0.1) is 0 Å². The minimum absolute atomic E-state index is 0.0269. The molecule has 5 atom stereocenters. The van der Waals surface area contributed by atoms with Crippen molar-refractivity contribution in [3.05, 3.63) is 70.7 Å². The lowest BCUT2D eigenvalue weighted by molar-refractivity contribution is -0.279. The number of benzene rings is 2. The van der Waals surface area contributed by atoms with Gasteiger partial charge >= 0.3 is 0 Å². The summed E-state index contributed by atoms with van der Waals surface area (Å²) in [5.74, 6) is -0.292. The highest BCUT2D eigenvalue weighted by Crippen LogP contribution is 2.26. The van der Waals surface area contributed by atoms with Gasteiger partial charge in [-0.05, 0) is 36.1 Å². The Hall–Kier alpha value is -2.73. The highest BCUT2D eigenvalue weighted by molar-refractivity contribution is 6.30. The number of guanidine groups is 1. The quantitative estimate of drug-likeness (QED) is 0.158. The summed E-state index contributed by atoms with van der Waals surface area (Å²) in [5, 5.41) is 14.7. The van der Waals surface area contributed by atoms with Crippen molar-refractivity contribution in [1.82, 2.24) is 5.32 Å². The zero-order chi connectivity index (χ0) is 27.3. The van der Waals surface area contributed by atoms with Gasteiger partial charge in [0, 0.05) is 25.1 Å². The molecular weight excluding hydrogens is 512 g/mol. The molecule has 6 N–H and O–H groups in total. The molecule has 0 saturated carbocycles. The van der Waals surface area contributed by atoms with Gasteiger partial charge in [0.25, 0.3) is 0 Å². The van der Waals surface area contributed by atoms with Gasteiger partial charge in [0.05, 0.1) is 19.8 Å². The minimum atomic E-state index is -1.08. The number of nitrogens with zero attached hydrogens (tertiary/aromatic N) is 1. The van der Waals surface area contributed by atoms with E-state index in [2.05, 4.69) is 10.3 Å². The third kappa shape index (κ3) is 9.54. The van der Waals surface area contributed by atoms with Crippen LogP contribution in [0.5, 0.6) is 0 Å². The number of aliphatic hydroxyl groups excluding tert-OH is 1. The van der Waals surface area contributed by atoms with Crippen LogP contribution in [-0.2, 0) is 36.8 Å². The molecule has 1 fully saturated rings. The molecule has 11 heteroatoms. The fraction of sp³-hybridized carbons (Fsp3) is 0.481. The Kier molecular flexibility index (Phi) is 12.3. The van der Waals surface area contributed by atoms with E-state index in [0.29, 0.717) is 31.0 Å². The maximum Gasteiger partial charge on any atom is 0.220 e. The van der Waals surface area contributed by atoms with Gasteiger partial charge in [-0.1, -0.05) is 54.1 Å². The Morgan fingerprint density at radius 1 is 1.11 bits per heavy atom. The van der Waals surface area contributed by atoms with Crippen LogP contribution in [0.3, 0.4) is 0 Å². The van der Waals surface area contributed by atoms with Crippen LogP contribution in [0.15, 0.2) is 59.6 Å². The summed E-state index contributed by atoms with van der Waals surface area (Å²) in [7, 11) is 1.52. The lowest BCUT2D eigenvalue weighted by atomic mass is 9.96. The molecule has 1 saturated heterocycles. The summed E-state index contributed by atoms with van der Waals surface area (Å²) in [6.45, 7) is 0.972. The Morgan fingerprint density at radius 2 is 1.84 bits per heavy atom. The van der Waals surface area contributed by atoms with Crippen LogP contribution in [-0.4, -0.2) is 74.5 Å². The fourth-order valence-corrected chi connectivity index (χ4v) is 4.26. The molecule has 1 unspecified atom stereocenters. The van der Waals surface area contributed by atoms with Crippen molar-refractivity contribution >= 4 is 23.5 Å². The topological polar surface area (TPSA) is 151 Å². The number of halogens is 1. The molecule has 0 radical (unpaired) electrons. The van der Waals surface area contributed by atoms with Crippen LogP contribution in [0.1, 0.15) is 24.0 Å². The predicted octanol–water partition coefficient (Wildman–Crippen LogP) is 1.76. The van der Waals surface area contributed by atoms with E-state index in [4.69, 9.17) is 42.0 Å². The van der Waals surface area contributed by atoms with Crippen molar-refractivity contribution in [2.24, 2.45) is 16.5 Å². The summed E-state index contributed by atoms with van der Waals surface area (Å²) in [4.78, 5) is 16.8. The second kappa shape index (κ2) is 15.6. The Labute approximate surface area is 228 Å². The largest absolute Gasteiger partial charge is 0.388 e. The molecule has 2 aromatic carbocycles. The number of methoxy groups -OCH3 is 1. The van der Waals surface area contributed by atoms with Crippen LogP contribution in [0.2, 0.25) is 5.02 Å². The molecule has 2 aromatic rings. The number of carbonyl (C=O) groups excluding carboxylic acids is 1. The first-order valence-electron chi connectivity index (χ1n) is 12.6. The average Bonchev–Trinajstić information content (AvgIpc) is 2.90. The molecule has 1 amide bonds. The van der Waals surface area contributed by atoms with Gasteiger partial charge in [0.2, 0.25) is 5.91 Å². The Bertz CT molecular complexity index is 1010. The molecule has 0 aromatic heterocycles. The fourth-order valence-electron chi connectivity index (χ4n) is 4.13. The summed E-state index contributed by atoms with van der Waals surface area (Å²) in [6.07, 6.45) is -2.24. The molecule has 1 heterocycles. The van der Waals surface area contributed by atoms with Gasteiger partial charge in [-0.15, -0.1) is 0 Å². The number of hydrogen-bond donors (Lipinski definition) is 4. The number of ether oxygens (including phenoxy) is 4. The van der Waals surface area contributed by atoms with Gasteiger partial charge in [-0.25, -0.2) is 0 Å². The third-order valence-corrected chi connectivity index (χ3v) is 6.31. The van der Waals surface area contributed by atoms with Gasteiger partial charge in [0.1, 0.15) is 24.4 Å². The molecule has 38 heavy (non-hydrogen) atoms. The van der Waals surface area contributed by atoms with Crippen LogP contribution in [0.4, 0.5) is 0 Å². The van der Waals surface area contributed by atoms with E-state index in [9.17, 15) is 9.90 Å². The first kappa shape index (κ1) is 29.8. The molecule has 10 nitrogen and oxygen atoms in total. The number of nitrogens with one attached hydrogen (secondary N) is 1. The van der Waals surface area contributed by atoms with Crippen molar-refractivity contribution in [1.29, 1.82) is 0 Å². The summed E-state index contributed by atoms with van der Waals surface area (Å²) < 4.78 is 23.7. The van der Waals surface area contributed by atoms with Crippen LogP contribution >= 0.6 is 11.6 Å². The van der Waals surface area contributed by atoms with E-state index in [-0.39, 0.29) is 31.5 Å². The SMILES string of the molecule is COC[C@H]1OC(OCCc2ccccc2)[C@H](NC(=O)CCCN=C(N)N)[C@@H](OCc2ccc(Cl)cc2)[C@@H]1O. The Morgan fingerprint density at radius 3 is 2.53 bits per heavy atom. The first-order chi connectivity index (χ1) is 18.4. The van der Waals surface area contributed by atoms with E-state index >= 15 is 0 Å². The number of aliphatic hydroxyl groups is 1. The summed E-state index contributed by atoms with van der Waals surface area (Å²) >= 11 is 6.00. The highest BCUT2D eigenvalue weighted by atomic mass is 35.5. The smallest absolute Gasteiger partial charge is 0.220 e. The van der Waals surface area contributed by atoms with Crippen molar-refractivity contribution in [2.75, 3.05) is 26.9 Å². The predicted molar refractivity (Wildman–Crippen MR) is 145 cm³/mol. The number of carbonyl (C=O) groups is 1. The second-order valence-corrected chi connectivity index (χ2v) is 9.44. The van der Waals surface area contributed by atoms with E-state index in [1.165, 1.54) is 7.11 Å². The number of nitrogens with two attached hydrogens (primary N) is 2. The minimum Gasteiger partial charge on any atom is -0.388 e. The van der Waals surface area contributed by atoms with Crippen LogP contribution in [0.25, 0.3) is 0 Å². The van der Waals surface area contributed by atoms with Crippen molar-refractivity contribution in [2.45, 2.75) is 56.5 Å². The second-order valence-electron chi connectivity index (χ2n) is 9.00. The molecule has 208 valence electrons. The first-order valence-corrected chi connectivity index (χ1v) is 12.9. The van der Waals surface area contributed by atoms with Gasteiger partial charge < -0.3 is 40.8 Å². The van der Waals surface area contributed by atoms with E-state index in [1.54, 1.807) is 12.1 Å². The normalized spacial score (nSPS) is 23.1. The number of rotatable bonds is 14. The summed E-state index contributed by atoms with van der Waals surface area (Å²) in [6, 6.07) is 16.3. The van der Waals surface area contributed by atoms with Crippen molar-refractivity contribution in [3.8, 4) is 0 Å².